The van der Waals surface area contributed by atoms with Crippen molar-refractivity contribution < 1.29 is 14.3 Å². The van der Waals surface area contributed by atoms with Crippen molar-refractivity contribution in [2.45, 2.75) is 32.9 Å². The molecule has 0 bridgehead atoms. The fraction of sp³-hybridized carbons (Fsp3) is 0.727. The van der Waals surface area contributed by atoms with Crippen LogP contribution in [0.2, 0.25) is 0 Å². The highest BCUT2D eigenvalue weighted by atomic mass is 16.5. The van der Waals surface area contributed by atoms with E-state index in [0.29, 0.717) is 12.6 Å². The van der Waals surface area contributed by atoms with Gasteiger partial charge in [-0.2, -0.15) is 0 Å². The molecule has 1 rings (SSSR count). The van der Waals surface area contributed by atoms with Crippen LogP contribution < -0.4 is 0 Å². The number of rotatable bonds is 3. The zero-order valence-corrected chi connectivity index (χ0v) is 9.60. The molecule has 15 heavy (non-hydrogen) atoms. The van der Waals surface area contributed by atoms with Gasteiger partial charge in [0.15, 0.2) is 0 Å². The van der Waals surface area contributed by atoms with E-state index in [-0.39, 0.29) is 12.1 Å². The Kier molecular flexibility index (Phi) is 4.62. The molecule has 0 aromatic rings. The predicted molar refractivity (Wildman–Crippen MR) is 57.4 cm³/mol. The van der Waals surface area contributed by atoms with Gasteiger partial charge < -0.3 is 14.4 Å². The van der Waals surface area contributed by atoms with Crippen LogP contribution in [0, 0.1) is 0 Å². The SMILES string of the molecule is CC(=O)OCC=CN1CCOC(C)C1C. The van der Waals surface area contributed by atoms with Crippen molar-refractivity contribution in [3.05, 3.63) is 12.3 Å². The summed E-state index contributed by atoms with van der Waals surface area (Å²) in [5.41, 5.74) is 0. The second kappa shape index (κ2) is 5.75. The number of ether oxygens (including phenoxy) is 2. The van der Waals surface area contributed by atoms with Gasteiger partial charge in [0.2, 0.25) is 0 Å². The van der Waals surface area contributed by atoms with E-state index in [4.69, 9.17) is 9.47 Å². The van der Waals surface area contributed by atoms with Gasteiger partial charge in [-0.25, -0.2) is 0 Å². The molecule has 0 radical (unpaired) electrons. The van der Waals surface area contributed by atoms with E-state index in [2.05, 4.69) is 18.7 Å². The fourth-order valence-electron chi connectivity index (χ4n) is 1.51. The Bertz CT molecular complexity index is 240. The molecule has 2 unspecified atom stereocenters. The molecule has 0 aromatic heterocycles. The normalized spacial score (nSPS) is 27.0. The molecule has 0 amide bonds. The van der Waals surface area contributed by atoms with E-state index in [9.17, 15) is 4.79 Å². The zero-order chi connectivity index (χ0) is 11.3. The first-order valence-corrected chi connectivity index (χ1v) is 5.28. The number of carbonyl (C=O) groups is 1. The van der Waals surface area contributed by atoms with Crippen LogP contribution in [0.5, 0.6) is 0 Å². The molecular formula is C11H19NO3. The van der Waals surface area contributed by atoms with Crippen molar-refractivity contribution in [2.75, 3.05) is 19.8 Å². The Labute approximate surface area is 90.8 Å². The van der Waals surface area contributed by atoms with Crippen LogP contribution in [0.15, 0.2) is 12.3 Å². The van der Waals surface area contributed by atoms with Crippen molar-refractivity contribution in [3.63, 3.8) is 0 Å². The Morgan fingerprint density at radius 3 is 3.00 bits per heavy atom. The van der Waals surface area contributed by atoms with Crippen molar-refractivity contribution in [3.8, 4) is 0 Å². The van der Waals surface area contributed by atoms with Gasteiger partial charge in [-0.05, 0) is 26.1 Å². The summed E-state index contributed by atoms with van der Waals surface area (Å²) in [7, 11) is 0. The van der Waals surface area contributed by atoms with Crippen molar-refractivity contribution >= 4 is 5.97 Å². The summed E-state index contributed by atoms with van der Waals surface area (Å²) in [6.07, 6.45) is 4.08. The smallest absolute Gasteiger partial charge is 0.302 e. The molecule has 1 aliphatic heterocycles. The molecule has 1 heterocycles. The molecule has 0 saturated carbocycles. The lowest BCUT2D eigenvalue weighted by atomic mass is 10.1. The van der Waals surface area contributed by atoms with E-state index in [1.807, 2.05) is 12.3 Å². The first kappa shape index (κ1) is 12.0. The molecular weight excluding hydrogens is 194 g/mol. The summed E-state index contributed by atoms with van der Waals surface area (Å²) in [5.74, 6) is -0.247. The van der Waals surface area contributed by atoms with Crippen LogP contribution in [0.25, 0.3) is 0 Å². The molecule has 1 fully saturated rings. The van der Waals surface area contributed by atoms with E-state index in [1.54, 1.807) is 0 Å². The lowest BCUT2D eigenvalue weighted by Crippen LogP contribution is -2.45. The van der Waals surface area contributed by atoms with Crippen molar-refractivity contribution in [1.82, 2.24) is 4.90 Å². The summed E-state index contributed by atoms with van der Waals surface area (Å²) in [6.45, 7) is 7.59. The molecule has 0 aromatic carbocycles. The van der Waals surface area contributed by atoms with Crippen molar-refractivity contribution in [2.24, 2.45) is 0 Å². The molecule has 86 valence electrons. The number of hydrogen-bond donors (Lipinski definition) is 0. The summed E-state index contributed by atoms with van der Waals surface area (Å²) < 4.78 is 10.3. The zero-order valence-electron chi connectivity index (χ0n) is 9.60. The molecule has 4 nitrogen and oxygen atoms in total. The van der Waals surface area contributed by atoms with E-state index in [0.717, 1.165) is 13.2 Å². The maximum Gasteiger partial charge on any atom is 0.302 e. The van der Waals surface area contributed by atoms with Gasteiger partial charge in [0.05, 0.1) is 18.8 Å². The average Bonchev–Trinajstić information content (AvgIpc) is 2.18. The van der Waals surface area contributed by atoms with Crippen LogP contribution in [-0.4, -0.2) is 42.8 Å². The maximum atomic E-state index is 10.5. The molecule has 0 N–H and O–H groups in total. The number of hydrogen-bond acceptors (Lipinski definition) is 4. The van der Waals surface area contributed by atoms with Gasteiger partial charge in [0.25, 0.3) is 0 Å². The third-order valence-corrected chi connectivity index (χ3v) is 2.61. The molecule has 4 heteroatoms. The summed E-state index contributed by atoms with van der Waals surface area (Å²) in [6, 6.07) is 0.368. The minimum Gasteiger partial charge on any atom is -0.462 e. The third-order valence-electron chi connectivity index (χ3n) is 2.61. The Balaban J connectivity index is 2.33. The Morgan fingerprint density at radius 2 is 2.33 bits per heavy atom. The van der Waals surface area contributed by atoms with Crippen LogP contribution >= 0.6 is 0 Å². The highest BCUT2D eigenvalue weighted by molar-refractivity contribution is 5.65. The fourth-order valence-corrected chi connectivity index (χ4v) is 1.51. The van der Waals surface area contributed by atoms with E-state index in [1.165, 1.54) is 6.92 Å². The summed E-state index contributed by atoms with van der Waals surface area (Å²) in [5, 5.41) is 0. The van der Waals surface area contributed by atoms with Crippen molar-refractivity contribution in [1.29, 1.82) is 0 Å². The minimum absolute atomic E-state index is 0.247. The second-order valence-electron chi connectivity index (χ2n) is 3.74. The number of morpholine rings is 1. The predicted octanol–water partition coefficient (Wildman–Crippen LogP) is 1.17. The monoisotopic (exact) mass is 213 g/mol. The van der Waals surface area contributed by atoms with Crippen LogP contribution in [0.1, 0.15) is 20.8 Å². The van der Waals surface area contributed by atoms with Gasteiger partial charge in [-0.15, -0.1) is 0 Å². The molecule has 0 spiro atoms. The minimum atomic E-state index is -0.247. The topological polar surface area (TPSA) is 38.8 Å². The lowest BCUT2D eigenvalue weighted by Gasteiger charge is -2.37. The molecule has 1 aliphatic rings. The molecule has 2 atom stereocenters. The molecule has 1 saturated heterocycles. The largest absolute Gasteiger partial charge is 0.462 e. The second-order valence-corrected chi connectivity index (χ2v) is 3.74. The lowest BCUT2D eigenvalue weighted by molar-refractivity contribution is -0.139. The Morgan fingerprint density at radius 1 is 1.60 bits per heavy atom. The highest BCUT2D eigenvalue weighted by Gasteiger charge is 2.22. The van der Waals surface area contributed by atoms with Gasteiger partial charge in [0.1, 0.15) is 6.61 Å². The third kappa shape index (κ3) is 3.91. The summed E-state index contributed by atoms with van der Waals surface area (Å²) >= 11 is 0. The average molecular weight is 213 g/mol. The van der Waals surface area contributed by atoms with Gasteiger partial charge >= 0.3 is 5.97 Å². The maximum absolute atomic E-state index is 10.5. The van der Waals surface area contributed by atoms with Crippen LogP contribution in [0.3, 0.4) is 0 Å². The first-order valence-electron chi connectivity index (χ1n) is 5.28. The highest BCUT2D eigenvalue weighted by Crippen LogP contribution is 2.13. The number of nitrogens with zero attached hydrogens (tertiary/aromatic N) is 1. The molecule has 0 aliphatic carbocycles. The Hall–Kier alpha value is -1.03. The quantitative estimate of drug-likeness (QED) is 0.660. The van der Waals surface area contributed by atoms with Crippen LogP contribution in [0.4, 0.5) is 0 Å². The summed E-state index contributed by atoms with van der Waals surface area (Å²) in [4.78, 5) is 12.7. The van der Waals surface area contributed by atoms with Gasteiger partial charge in [-0.3, -0.25) is 4.79 Å². The standard InChI is InChI=1S/C11H19NO3/c1-9-10(2)14-8-6-12(9)5-4-7-15-11(3)13/h4-5,9-10H,6-8H2,1-3H3. The van der Waals surface area contributed by atoms with E-state index < -0.39 is 0 Å². The van der Waals surface area contributed by atoms with E-state index >= 15 is 0 Å². The van der Waals surface area contributed by atoms with Crippen LogP contribution in [-0.2, 0) is 14.3 Å². The van der Waals surface area contributed by atoms with Gasteiger partial charge in [0, 0.05) is 13.5 Å². The first-order chi connectivity index (χ1) is 7.11. The number of carbonyl (C=O) groups excluding carboxylic acids is 1. The number of esters is 1. The van der Waals surface area contributed by atoms with Gasteiger partial charge in [-0.1, -0.05) is 0 Å².